The van der Waals surface area contributed by atoms with E-state index in [0.717, 1.165) is 0 Å². The van der Waals surface area contributed by atoms with E-state index < -0.39 is 0 Å². The molecule has 15 heavy (non-hydrogen) atoms. The fourth-order valence-corrected chi connectivity index (χ4v) is 1.39. The van der Waals surface area contributed by atoms with E-state index >= 15 is 0 Å². The molecule has 2 N–H and O–H groups in total. The summed E-state index contributed by atoms with van der Waals surface area (Å²) in [6.45, 7) is 0. The van der Waals surface area contributed by atoms with Crippen molar-refractivity contribution in [1.82, 2.24) is 10.2 Å². The van der Waals surface area contributed by atoms with Crippen molar-refractivity contribution in [2.75, 3.05) is 0 Å². The van der Waals surface area contributed by atoms with Crippen LogP contribution in [0.5, 0.6) is 5.75 Å². The van der Waals surface area contributed by atoms with Gasteiger partial charge < -0.3 is 5.11 Å². The summed E-state index contributed by atoms with van der Waals surface area (Å²) in [6, 6.07) is 4.32. The van der Waals surface area contributed by atoms with E-state index in [1.807, 2.05) is 0 Å². The molecule has 0 amide bonds. The second-order valence-corrected chi connectivity index (χ2v) is 3.41. The molecule has 1 aromatic heterocycles. The maximum absolute atomic E-state index is 11.8. The molecular weight excluding hydrogens is 216 g/mol. The fourth-order valence-electron chi connectivity index (χ4n) is 1.22. The van der Waals surface area contributed by atoms with E-state index in [1.54, 1.807) is 0 Å². The second-order valence-electron chi connectivity index (χ2n) is 2.98. The molecule has 0 spiro atoms. The number of aromatic amines is 1. The van der Waals surface area contributed by atoms with E-state index in [-0.39, 0.29) is 17.1 Å². The number of phenols is 1. The number of carbonyl (C=O) groups is 1. The third kappa shape index (κ3) is 1.85. The Morgan fingerprint density at radius 1 is 1.47 bits per heavy atom. The zero-order valence-corrected chi connectivity index (χ0v) is 8.32. The summed E-state index contributed by atoms with van der Waals surface area (Å²) in [5.41, 5.74) is 0.552. The highest BCUT2D eigenvalue weighted by Gasteiger charge is 2.14. The molecule has 0 radical (unpaired) electrons. The Labute approximate surface area is 90.5 Å². The molecule has 0 saturated heterocycles. The largest absolute Gasteiger partial charge is 0.507 e. The second kappa shape index (κ2) is 3.74. The van der Waals surface area contributed by atoms with Gasteiger partial charge in [-0.25, -0.2) is 0 Å². The third-order valence-corrected chi connectivity index (χ3v) is 2.20. The molecule has 0 aliphatic heterocycles. The van der Waals surface area contributed by atoms with Gasteiger partial charge in [0.2, 0.25) is 0 Å². The Hall–Kier alpha value is -1.81. The molecular formula is C10H7ClN2O2. The highest BCUT2D eigenvalue weighted by molar-refractivity contribution is 6.31. The Morgan fingerprint density at radius 3 is 2.93 bits per heavy atom. The van der Waals surface area contributed by atoms with Crippen molar-refractivity contribution < 1.29 is 9.90 Å². The van der Waals surface area contributed by atoms with E-state index in [9.17, 15) is 9.90 Å². The summed E-state index contributed by atoms with van der Waals surface area (Å²) in [4.78, 5) is 11.8. The van der Waals surface area contributed by atoms with Crippen LogP contribution in [0.15, 0.2) is 30.6 Å². The van der Waals surface area contributed by atoms with Gasteiger partial charge in [0, 0.05) is 11.2 Å². The van der Waals surface area contributed by atoms with E-state index in [2.05, 4.69) is 10.2 Å². The average Bonchev–Trinajstić information content (AvgIpc) is 2.74. The fraction of sp³-hybridized carbons (Fsp3) is 0. The summed E-state index contributed by atoms with van der Waals surface area (Å²) < 4.78 is 0. The molecule has 5 heteroatoms. The van der Waals surface area contributed by atoms with Gasteiger partial charge in [0.15, 0.2) is 5.78 Å². The van der Waals surface area contributed by atoms with Gasteiger partial charge in [-0.1, -0.05) is 11.6 Å². The van der Waals surface area contributed by atoms with Crippen molar-refractivity contribution in [3.05, 3.63) is 46.7 Å². The van der Waals surface area contributed by atoms with Crippen LogP contribution in [0.4, 0.5) is 0 Å². The lowest BCUT2D eigenvalue weighted by Crippen LogP contribution is -2.00. The molecule has 0 unspecified atom stereocenters. The standard InChI is InChI=1S/C10H7ClN2O2/c11-7-1-2-9(14)8(3-7)10(15)6-4-12-13-5-6/h1-5,14H,(H,12,13). The van der Waals surface area contributed by atoms with Crippen LogP contribution in [0.3, 0.4) is 0 Å². The first-order chi connectivity index (χ1) is 7.18. The van der Waals surface area contributed by atoms with Gasteiger partial charge in [0.25, 0.3) is 0 Å². The minimum atomic E-state index is -0.316. The molecule has 4 nitrogen and oxygen atoms in total. The van der Waals surface area contributed by atoms with Crippen molar-refractivity contribution in [1.29, 1.82) is 0 Å². The van der Waals surface area contributed by atoms with Gasteiger partial charge in [0.1, 0.15) is 5.75 Å². The Kier molecular flexibility index (Phi) is 2.43. The number of hydrogen-bond donors (Lipinski definition) is 2. The monoisotopic (exact) mass is 222 g/mol. The quantitative estimate of drug-likeness (QED) is 0.764. The van der Waals surface area contributed by atoms with Gasteiger partial charge in [-0.2, -0.15) is 5.10 Å². The number of carbonyl (C=O) groups excluding carboxylic acids is 1. The number of ketones is 1. The molecule has 0 saturated carbocycles. The van der Waals surface area contributed by atoms with Crippen LogP contribution in [0, 0.1) is 0 Å². The van der Waals surface area contributed by atoms with Crippen molar-refractivity contribution >= 4 is 17.4 Å². The predicted molar refractivity (Wildman–Crippen MR) is 55.1 cm³/mol. The predicted octanol–water partition coefficient (Wildman–Crippen LogP) is 2.00. The number of H-pyrrole nitrogens is 1. The lowest BCUT2D eigenvalue weighted by molar-refractivity contribution is 0.103. The number of hydrogen-bond acceptors (Lipinski definition) is 3. The molecule has 1 heterocycles. The molecule has 1 aromatic carbocycles. The molecule has 2 rings (SSSR count). The van der Waals surface area contributed by atoms with Crippen LogP contribution < -0.4 is 0 Å². The van der Waals surface area contributed by atoms with Crippen molar-refractivity contribution in [2.24, 2.45) is 0 Å². The summed E-state index contributed by atoms with van der Waals surface area (Å²) >= 11 is 5.74. The molecule has 0 atom stereocenters. The smallest absolute Gasteiger partial charge is 0.199 e. The van der Waals surface area contributed by atoms with Crippen LogP contribution >= 0.6 is 11.6 Å². The number of halogens is 1. The Morgan fingerprint density at radius 2 is 2.27 bits per heavy atom. The highest BCUT2D eigenvalue weighted by atomic mass is 35.5. The van der Waals surface area contributed by atoms with Gasteiger partial charge >= 0.3 is 0 Å². The number of nitrogens with zero attached hydrogens (tertiary/aromatic N) is 1. The molecule has 0 bridgehead atoms. The van der Waals surface area contributed by atoms with Crippen molar-refractivity contribution in [3.8, 4) is 5.75 Å². The zero-order valence-electron chi connectivity index (χ0n) is 7.57. The number of aromatic hydroxyl groups is 1. The number of benzene rings is 1. The SMILES string of the molecule is O=C(c1cn[nH]c1)c1cc(Cl)ccc1O. The average molecular weight is 223 g/mol. The number of rotatable bonds is 2. The normalized spacial score (nSPS) is 10.2. The van der Waals surface area contributed by atoms with Gasteiger partial charge in [-0.3, -0.25) is 9.89 Å². The van der Waals surface area contributed by atoms with Gasteiger partial charge in [0.05, 0.1) is 17.3 Å². The Balaban J connectivity index is 2.46. The summed E-state index contributed by atoms with van der Waals surface area (Å²) in [5, 5.41) is 16.1. The molecule has 76 valence electrons. The highest BCUT2D eigenvalue weighted by Crippen LogP contribution is 2.23. The molecule has 2 aromatic rings. The minimum Gasteiger partial charge on any atom is -0.507 e. The van der Waals surface area contributed by atoms with Crippen LogP contribution in [-0.4, -0.2) is 21.1 Å². The van der Waals surface area contributed by atoms with Crippen molar-refractivity contribution in [2.45, 2.75) is 0 Å². The van der Waals surface area contributed by atoms with E-state index in [1.165, 1.54) is 30.6 Å². The zero-order chi connectivity index (χ0) is 10.8. The maximum Gasteiger partial charge on any atom is 0.199 e. The van der Waals surface area contributed by atoms with Gasteiger partial charge in [-0.15, -0.1) is 0 Å². The van der Waals surface area contributed by atoms with Crippen LogP contribution in [-0.2, 0) is 0 Å². The van der Waals surface area contributed by atoms with E-state index in [4.69, 9.17) is 11.6 Å². The van der Waals surface area contributed by atoms with Gasteiger partial charge in [-0.05, 0) is 18.2 Å². The first kappa shape index (κ1) is 9.73. The molecule has 0 aliphatic rings. The Bertz CT molecular complexity index is 494. The van der Waals surface area contributed by atoms with Crippen LogP contribution in [0.2, 0.25) is 5.02 Å². The van der Waals surface area contributed by atoms with Crippen LogP contribution in [0.1, 0.15) is 15.9 Å². The lowest BCUT2D eigenvalue weighted by Gasteiger charge is -2.01. The number of phenolic OH excluding ortho intramolecular Hbond substituents is 1. The summed E-state index contributed by atoms with van der Waals surface area (Å²) in [7, 11) is 0. The molecule has 0 fully saturated rings. The topological polar surface area (TPSA) is 66.0 Å². The lowest BCUT2D eigenvalue weighted by atomic mass is 10.1. The minimum absolute atomic E-state index is 0.0920. The first-order valence-corrected chi connectivity index (χ1v) is 4.58. The first-order valence-electron chi connectivity index (χ1n) is 4.20. The number of aromatic nitrogens is 2. The van der Waals surface area contributed by atoms with E-state index in [0.29, 0.717) is 10.6 Å². The van der Waals surface area contributed by atoms with Crippen LogP contribution in [0.25, 0.3) is 0 Å². The van der Waals surface area contributed by atoms with Crippen molar-refractivity contribution in [3.63, 3.8) is 0 Å². The summed E-state index contributed by atoms with van der Waals surface area (Å²) in [6.07, 6.45) is 2.85. The third-order valence-electron chi connectivity index (χ3n) is 1.96. The number of nitrogens with one attached hydrogen (secondary N) is 1. The summed E-state index contributed by atoms with van der Waals surface area (Å²) in [5.74, 6) is -0.408. The maximum atomic E-state index is 11.8. The molecule has 0 aliphatic carbocycles.